The van der Waals surface area contributed by atoms with E-state index in [1.807, 2.05) is 25.7 Å². The molecule has 0 aliphatic carbocycles. The van der Waals surface area contributed by atoms with Gasteiger partial charge in [0.05, 0.1) is 11.8 Å². The lowest BCUT2D eigenvalue weighted by Crippen LogP contribution is -2.48. The summed E-state index contributed by atoms with van der Waals surface area (Å²) in [6, 6.07) is 8.89. The summed E-state index contributed by atoms with van der Waals surface area (Å²) in [6.45, 7) is 21.7. The van der Waals surface area contributed by atoms with Gasteiger partial charge < -0.3 is 24.0 Å². The lowest BCUT2D eigenvalue weighted by molar-refractivity contribution is 0.00568. The number of fused-ring (bicyclic) bond motifs is 3. The highest BCUT2D eigenvalue weighted by atomic mass is 28.3. The normalized spacial score (nSPS) is 19.6. The number of carbonyl (C=O) groups excluding carboxylic acids is 2. The average molecular weight is 726 g/mol. The second-order valence-corrected chi connectivity index (χ2v) is 28.6. The number of piperidine rings is 1. The predicted octanol–water partition coefficient (Wildman–Crippen LogP) is 8.42. The van der Waals surface area contributed by atoms with E-state index < -0.39 is 27.6 Å². The van der Waals surface area contributed by atoms with Crippen LogP contribution in [0.2, 0.25) is 51.4 Å². The number of ether oxygens (including phenoxy) is 3. The van der Waals surface area contributed by atoms with E-state index in [0.717, 1.165) is 49.3 Å². The Balaban J connectivity index is 1.53. The highest BCUT2D eigenvalue weighted by molar-refractivity contribution is 6.76. The standard InChI is InChI=1S/C37H56FN5O5Si2/c1-37(2,3)48-36(45)42-29-12-13-30(42)19-28(18-29)33-21-34(41(24-46-14-16-49(4,5)6)25-47-15-17-50(7,8)9)43-35(40-33)31(22-39-43)26-10-11-27(23-44)32(38)20-26/h10-11,20-23,28-30H,12-19,24-25H2,1-9H3/t28-,29-,30+. The van der Waals surface area contributed by atoms with Gasteiger partial charge in [-0.25, -0.2) is 14.2 Å². The third-order valence-corrected chi connectivity index (χ3v) is 12.9. The highest BCUT2D eigenvalue weighted by Gasteiger charge is 2.45. The molecule has 0 unspecified atom stereocenters. The maximum Gasteiger partial charge on any atom is 0.410 e. The highest BCUT2D eigenvalue weighted by Crippen LogP contribution is 2.44. The molecule has 3 atom stereocenters. The first-order valence-corrected chi connectivity index (χ1v) is 25.4. The second-order valence-electron chi connectivity index (χ2n) is 17.4. The Kier molecular flexibility index (Phi) is 11.6. The van der Waals surface area contributed by atoms with Crippen molar-refractivity contribution >= 4 is 40.0 Å². The number of nitrogens with zero attached hydrogens (tertiary/aromatic N) is 5. The van der Waals surface area contributed by atoms with Gasteiger partial charge in [-0.3, -0.25) is 4.79 Å². The predicted molar refractivity (Wildman–Crippen MR) is 201 cm³/mol. The van der Waals surface area contributed by atoms with Crippen LogP contribution in [0.25, 0.3) is 16.8 Å². The summed E-state index contributed by atoms with van der Waals surface area (Å²) >= 11 is 0. The molecule has 0 radical (unpaired) electrons. The molecule has 13 heteroatoms. The van der Waals surface area contributed by atoms with E-state index in [0.29, 0.717) is 49.7 Å². The molecule has 5 rings (SSSR count). The van der Waals surface area contributed by atoms with Crippen molar-refractivity contribution in [2.75, 3.05) is 31.6 Å². The maximum atomic E-state index is 14.9. The number of amides is 1. The molecule has 0 saturated carbocycles. The molecule has 50 heavy (non-hydrogen) atoms. The average Bonchev–Trinajstić information content (AvgIpc) is 3.56. The Morgan fingerprint density at radius 1 is 0.980 bits per heavy atom. The van der Waals surface area contributed by atoms with Crippen molar-refractivity contribution in [1.82, 2.24) is 19.5 Å². The van der Waals surface area contributed by atoms with Gasteiger partial charge in [-0.05, 0) is 76.2 Å². The third kappa shape index (κ3) is 9.59. The van der Waals surface area contributed by atoms with Crippen molar-refractivity contribution in [2.45, 2.75) is 121 Å². The minimum Gasteiger partial charge on any atom is -0.444 e. The van der Waals surface area contributed by atoms with Gasteiger partial charge in [-0.15, -0.1) is 0 Å². The van der Waals surface area contributed by atoms with E-state index >= 15 is 0 Å². The molecule has 10 nitrogen and oxygen atoms in total. The summed E-state index contributed by atoms with van der Waals surface area (Å²) in [5, 5.41) is 4.77. The van der Waals surface area contributed by atoms with Crippen molar-refractivity contribution in [2.24, 2.45) is 0 Å². The Morgan fingerprint density at radius 3 is 2.10 bits per heavy atom. The Bertz CT molecular complexity index is 1630. The number of aromatic nitrogens is 3. The Hall–Kier alpha value is -3.14. The zero-order valence-corrected chi connectivity index (χ0v) is 33.4. The van der Waals surface area contributed by atoms with Gasteiger partial charge in [-0.2, -0.15) is 9.61 Å². The number of carbonyl (C=O) groups is 2. The second kappa shape index (κ2) is 15.2. The Morgan fingerprint density at radius 2 is 1.58 bits per heavy atom. The van der Waals surface area contributed by atoms with Crippen LogP contribution in [0.4, 0.5) is 15.0 Å². The van der Waals surface area contributed by atoms with E-state index in [4.69, 9.17) is 24.3 Å². The molecule has 0 spiro atoms. The van der Waals surface area contributed by atoms with Crippen LogP contribution >= 0.6 is 0 Å². The minimum atomic E-state index is -1.30. The number of hydrogen-bond donors (Lipinski definition) is 0. The summed E-state index contributed by atoms with van der Waals surface area (Å²) in [5.41, 5.74) is 2.18. The zero-order valence-electron chi connectivity index (χ0n) is 31.4. The van der Waals surface area contributed by atoms with E-state index in [2.05, 4.69) is 50.2 Å². The van der Waals surface area contributed by atoms with Gasteiger partial charge in [-0.1, -0.05) is 45.3 Å². The number of aldehydes is 1. The number of halogens is 1. The van der Waals surface area contributed by atoms with Gasteiger partial charge in [0.15, 0.2) is 11.9 Å². The molecule has 2 aromatic heterocycles. The molecule has 3 aromatic rings. The molecule has 2 saturated heterocycles. The molecule has 2 aliphatic rings. The first-order chi connectivity index (χ1) is 23.4. The van der Waals surface area contributed by atoms with Gasteiger partial charge in [0, 0.05) is 64.7 Å². The van der Waals surface area contributed by atoms with Crippen molar-refractivity contribution in [3.63, 3.8) is 0 Å². The van der Waals surface area contributed by atoms with Gasteiger partial charge >= 0.3 is 6.09 Å². The fraction of sp³-hybridized carbons (Fsp3) is 0.622. The monoisotopic (exact) mass is 725 g/mol. The smallest absolute Gasteiger partial charge is 0.410 e. The van der Waals surface area contributed by atoms with Crippen molar-refractivity contribution in [3.8, 4) is 11.1 Å². The number of hydrogen-bond acceptors (Lipinski definition) is 8. The molecule has 274 valence electrons. The van der Waals surface area contributed by atoms with Crippen LogP contribution in [-0.2, 0) is 14.2 Å². The van der Waals surface area contributed by atoms with Crippen LogP contribution in [0.3, 0.4) is 0 Å². The largest absolute Gasteiger partial charge is 0.444 e. The molecule has 2 fully saturated rings. The van der Waals surface area contributed by atoms with Crippen LogP contribution in [0, 0.1) is 5.82 Å². The molecular formula is C37H56FN5O5Si2. The van der Waals surface area contributed by atoms with E-state index in [9.17, 15) is 14.0 Å². The van der Waals surface area contributed by atoms with Gasteiger partial charge in [0.25, 0.3) is 0 Å². The summed E-state index contributed by atoms with van der Waals surface area (Å²) in [6.07, 6.45) is 5.37. The van der Waals surface area contributed by atoms with Crippen molar-refractivity contribution in [1.29, 1.82) is 0 Å². The maximum absolute atomic E-state index is 14.9. The first-order valence-electron chi connectivity index (χ1n) is 18.0. The van der Waals surface area contributed by atoms with Crippen LogP contribution in [0.15, 0.2) is 30.5 Å². The van der Waals surface area contributed by atoms with Crippen LogP contribution in [-0.4, -0.2) is 92.4 Å². The quantitative estimate of drug-likeness (QED) is 0.0707. The third-order valence-electron chi connectivity index (χ3n) is 9.48. The molecule has 4 heterocycles. The summed E-state index contributed by atoms with van der Waals surface area (Å²) in [5.74, 6) is 0.283. The van der Waals surface area contributed by atoms with E-state index in [-0.39, 0.29) is 29.7 Å². The van der Waals surface area contributed by atoms with Crippen molar-refractivity contribution in [3.05, 3.63) is 47.5 Å². The molecular weight excluding hydrogens is 670 g/mol. The number of benzene rings is 1. The zero-order chi connectivity index (χ0) is 36.4. The van der Waals surface area contributed by atoms with Crippen LogP contribution in [0.1, 0.15) is 68.4 Å². The SMILES string of the molecule is CC(C)(C)OC(=O)N1[C@@H]2CC[C@H]1C[C@H](c1cc(N(COCC[Si](C)(C)C)COCC[Si](C)(C)C)n3ncc(-c4ccc(C=O)c(F)c4)c3n1)C2. The molecule has 0 N–H and O–H groups in total. The Labute approximate surface area is 298 Å². The lowest BCUT2D eigenvalue weighted by atomic mass is 9.88. The van der Waals surface area contributed by atoms with E-state index in [1.165, 1.54) is 12.1 Å². The van der Waals surface area contributed by atoms with Crippen LogP contribution < -0.4 is 4.90 Å². The molecule has 1 amide bonds. The summed E-state index contributed by atoms with van der Waals surface area (Å²) in [4.78, 5) is 33.8. The first kappa shape index (κ1) is 38.1. The van der Waals surface area contributed by atoms with Crippen molar-refractivity contribution < 1.29 is 28.2 Å². The molecule has 1 aromatic carbocycles. The summed E-state index contributed by atoms with van der Waals surface area (Å²) < 4.78 is 35.1. The fourth-order valence-corrected chi connectivity index (χ4v) is 8.21. The molecule has 2 aliphatic heterocycles. The fourth-order valence-electron chi connectivity index (χ4n) is 6.70. The number of anilines is 1. The number of rotatable bonds is 14. The minimum absolute atomic E-state index is 0.00360. The summed E-state index contributed by atoms with van der Waals surface area (Å²) in [7, 11) is -2.61. The topological polar surface area (TPSA) is 98.5 Å². The molecule has 2 bridgehead atoms. The van der Waals surface area contributed by atoms with Gasteiger partial charge in [0.1, 0.15) is 30.7 Å². The van der Waals surface area contributed by atoms with Crippen LogP contribution in [0.5, 0.6) is 0 Å². The van der Waals surface area contributed by atoms with Gasteiger partial charge in [0.2, 0.25) is 0 Å². The lowest BCUT2D eigenvalue weighted by Gasteiger charge is -2.39. The van der Waals surface area contributed by atoms with E-state index in [1.54, 1.807) is 16.8 Å².